The molecule has 1 aliphatic carbocycles. The highest BCUT2D eigenvalue weighted by Gasteiger charge is 2.42. The lowest BCUT2D eigenvalue weighted by Gasteiger charge is -2.32. The second-order valence-corrected chi connectivity index (χ2v) is 6.00. The summed E-state index contributed by atoms with van der Waals surface area (Å²) in [5, 5.41) is 22.1. The molecule has 2 fully saturated rings. The Bertz CT molecular complexity index is 252. The first-order valence-electron chi connectivity index (χ1n) is 7.32. The highest BCUT2D eigenvalue weighted by molar-refractivity contribution is 4.94. The van der Waals surface area contributed by atoms with Crippen LogP contribution >= 0.6 is 0 Å². The zero-order valence-corrected chi connectivity index (χ0v) is 11.5. The molecule has 1 unspecified atom stereocenters. The van der Waals surface area contributed by atoms with E-state index < -0.39 is 5.54 Å². The van der Waals surface area contributed by atoms with Crippen LogP contribution in [0.2, 0.25) is 0 Å². The molecule has 0 aromatic carbocycles. The minimum absolute atomic E-state index is 0.0299. The van der Waals surface area contributed by atoms with Crippen molar-refractivity contribution in [3.63, 3.8) is 0 Å². The quantitative estimate of drug-likeness (QED) is 0.669. The molecular weight excluding hydrogens is 230 g/mol. The van der Waals surface area contributed by atoms with Crippen LogP contribution in [-0.2, 0) is 4.74 Å². The van der Waals surface area contributed by atoms with Crippen LogP contribution < -0.4 is 5.32 Å². The molecule has 0 bridgehead atoms. The van der Waals surface area contributed by atoms with Crippen LogP contribution in [0, 0.1) is 0 Å². The molecule has 4 nitrogen and oxygen atoms in total. The normalized spacial score (nSPS) is 27.2. The highest BCUT2D eigenvalue weighted by Crippen LogP contribution is 2.43. The van der Waals surface area contributed by atoms with E-state index in [4.69, 9.17) is 4.74 Å². The van der Waals surface area contributed by atoms with E-state index in [9.17, 15) is 10.2 Å². The molecule has 106 valence electrons. The summed E-state index contributed by atoms with van der Waals surface area (Å²) in [6, 6.07) is 0. The molecule has 0 amide bonds. The molecule has 2 aliphatic rings. The van der Waals surface area contributed by atoms with Crippen molar-refractivity contribution in [3.8, 4) is 0 Å². The molecule has 2 rings (SSSR count). The van der Waals surface area contributed by atoms with Gasteiger partial charge in [0.25, 0.3) is 0 Å². The Kier molecular flexibility index (Phi) is 4.64. The molecule has 1 spiro atoms. The number of aliphatic hydroxyl groups is 2. The van der Waals surface area contributed by atoms with Crippen LogP contribution in [0.15, 0.2) is 0 Å². The number of ether oxygens (including phenoxy) is 1. The first-order chi connectivity index (χ1) is 8.67. The fraction of sp³-hybridized carbons (Fsp3) is 1.00. The molecule has 1 heterocycles. The van der Waals surface area contributed by atoms with Gasteiger partial charge in [-0.25, -0.2) is 0 Å². The highest BCUT2D eigenvalue weighted by atomic mass is 16.5. The van der Waals surface area contributed by atoms with Gasteiger partial charge in [0.2, 0.25) is 0 Å². The van der Waals surface area contributed by atoms with Crippen molar-refractivity contribution in [2.75, 3.05) is 19.8 Å². The largest absolute Gasteiger partial charge is 0.394 e. The molecule has 0 radical (unpaired) electrons. The third kappa shape index (κ3) is 2.87. The Labute approximate surface area is 110 Å². The van der Waals surface area contributed by atoms with Crippen LogP contribution in [0.3, 0.4) is 0 Å². The Balaban J connectivity index is 1.81. The van der Waals surface area contributed by atoms with E-state index in [1.165, 1.54) is 32.1 Å². The summed E-state index contributed by atoms with van der Waals surface area (Å²) in [5.41, 5.74) is -0.381. The molecule has 1 saturated carbocycles. The van der Waals surface area contributed by atoms with Crippen molar-refractivity contribution in [2.45, 2.75) is 69.1 Å². The monoisotopic (exact) mass is 257 g/mol. The van der Waals surface area contributed by atoms with Gasteiger partial charge in [0.1, 0.15) is 0 Å². The van der Waals surface area contributed by atoms with Crippen LogP contribution in [0.25, 0.3) is 0 Å². The van der Waals surface area contributed by atoms with E-state index in [0.29, 0.717) is 0 Å². The molecule has 1 atom stereocenters. The Morgan fingerprint density at radius 1 is 1.22 bits per heavy atom. The summed E-state index contributed by atoms with van der Waals surface area (Å²) in [5.74, 6) is 0. The number of hydrogen-bond acceptors (Lipinski definition) is 4. The van der Waals surface area contributed by atoms with Crippen molar-refractivity contribution >= 4 is 0 Å². The van der Waals surface area contributed by atoms with Gasteiger partial charge >= 0.3 is 0 Å². The lowest BCUT2D eigenvalue weighted by Crippen LogP contribution is -2.53. The number of nitrogens with one attached hydrogen (secondary N) is 1. The maximum absolute atomic E-state index is 9.39. The summed E-state index contributed by atoms with van der Waals surface area (Å²) >= 11 is 0. The zero-order valence-electron chi connectivity index (χ0n) is 11.5. The van der Waals surface area contributed by atoms with E-state index in [1.54, 1.807) is 0 Å². The van der Waals surface area contributed by atoms with Gasteiger partial charge in [-0.05, 0) is 32.1 Å². The minimum Gasteiger partial charge on any atom is -0.394 e. The van der Waals surface area contributed by atoms with E-state index >= 15 is 0 Å². The summed E-state index contributed by atoms with van der Waals surface area (Å²) in [6.07, 6.45) is 8.26. The van der Waals surface area contributed by atoms with E-state index in [2.05, 4.69) is 5.32 Å². The molecule has 1 aliphatic heterocycles. The van der Waals surface area contributed by atoms with Gasteiger partial charge in [0, 0.05) is 6.54 Å². The van der Waals surface area contributed by atoms with Gasteiger partial charge in [-0.2, -0.15) is 0 Å². The Morgan fingerprint density at radius 3 is 2.44 bits per heavy atom. The van der Waals surface area contributed by atoms with Gasteiger partial charge in [0.15, 0.2) is 0 Å². The number of hydrogen-bond donors (Lipinski definition) is 3. The lowest BCUT2D eigenvalue weighted by molar-refractivity contribution is -0.0405. The predicted molar refractivity (Wildman–Crippen MR) is 70.5 cm³/mol. The van der Waals surface area contributed by atoms with Crippen molar-refractivity contribution in [1.82, 2.24) is 5.32 Å². The average Bonchev–Trinajstić information content (AvgIpc) is 3.03. The summed E-state index contributed by atoms with van der Waals surface area (Å²) in [4.78, 5) is 0. The van der Waals surface area contributed by atoms with Gasteiger partial charge in [-0.3, -0.25) is 0 Å². The minimum atomic E-state index is -0.547. The summed E-state index contributed by atoms with van der Waals surface area (Å²) < 4.78 is 6.21. The van der Waals surface area contributed by atoms with Crippen LogP contribution in [0.1, 0.15) is 51.9 Å². The van der Waals surface area contributed by atoms with E-state index in [0.717, 1.165) is 19.4 Å². The lowest BCUT2D eigenvalue weighted by atomic mass is 9.97. The van der Waals surface area contributed by atoms with Crippen molar-refractivity contribution in [2.24, 2.45) is 0 Å². The first-order valence-corrected chi connectivity index (χ1v) is 7.32. The number of aliphatic hydroxyl groups excluding tert-OH is 2. The summed E-state index contributed by atoms with van der Waals surface area (Å²) in [7, 11) is 0. The maximum atomic E-state index is 9.39. The van der Waals surface area contributed by atoms with Crippen molar-refractivity contribution in [3.05, 3.63) is 0 Å². The van der Waals surface area contributed by atoms with Crippen molar-refractivity contribution in [1.29, 1.82) is 0 Å². The second-order valence-electron chi connectivity index (χ2n) is 6.00. The predicted octanol–water partition coefficient (Wildman–Crippen LogP) is 1.20. The fourth-order valence-electron chi connectivity index (χ4n) is 3.27. The van der Waals surface area contributed by atoms with Crippen molar-refractivity contribution < 1.29 is 14.9 Å². The Morgan fingerprint density at radius 2 is 1.89 bits per heavy atom. The average molecular weight is 257 g/mol. The third-order valence-corrected chi connectivity index (χ3v) is 4.84. The van der Waals surface area contributed by atoms with Gasteiger partial charge < -0.3 is 20.3 Å². The van der Waals surface area contributed by atoms with Gasteiger partial charge in [-0.1, -0.05) is 19.8 Å². The second kappa shape index (κ2) is 5.87. The third-order valence-electron chi connectivity index (χ3n) is 4.84. The molecule has 1 saturated heterocycles. The van der Waals surface area contributed by atoms with Crippen LogP contribution in [-0.4, -0.2) is 47.2 Å². The zero-order chi connectivity index (χ0) is 13.1. The molecule has 4 heteroatoms. The molecular formula is C14H27NO3. The van der Waals surface area contributed by atoms with E-state index in [1.807, 2.05) is 6.92 Å². The standard InChI is InChI=1S/C14H27NO3/c1-2-13(10-16,11-17)15-9-12-5-8-14(18-12)6-3-4-7-14/h12,15-17H,2-11H2,1H3. The summed E-state index contributed by atoms with van der Waals surface area (Å²) in [6.45, 7) is 2.65. The smallest absolute Gasteiger partial charge is 0.0708 e. The Hall–Kier alpha value is -0.160. The van der Waals surface area contributed by atoms with Crippen LogP contribution in [0.5, 0.6) is 0 Å². The molecule has 3 N–H and O–H groups in total. The van der Waals surface area contributed by atoms with Gasteiger partial charge in [0.05, 0.1) is 30.5 Å². The van der Waals surface area contributed by atoms with Crippen LogP contribution in [0.4, 0.5) is 0 Å². The topological polar surface area (TPSA) is 61.7 Å². The van der Waals surface area contributed by atoms with Gasteiger partial charge in [-0.15, -0.1) is 0 Å². The SMILES string of the molecule is CCC(CO)(CO)NCC1CCC2(CCCC2)O1. The molecule has 0 aromatic heterocycles. The molecule has 18 heavy (non-hydrogen) atoms. The van der Waals surface area contributed by atoms with E-state index in [-0.39, 0.29) is 24.9 Å². The fourth-order valence-corrected chi connectivity index (χ4v) is 3.27. The first kappa shape index (κ1) is 14.3. The number of rotatable bonds is 6. The molecule has 0 aromatic rings. The maximum Gasteiger partial charge on any atom is 0.0708 e.